The maximum Gasteiger partial charge on any atom is 0.241 e. The summed E-state index contributed by atoms with van der Waals surface area (Å²) in [6, 6.07) is 16.5. The predicted octanol–water partition coefficient (Wildman–Crippen LogP) is 3.33. The molecular weight excluding hydrogens is 316 g/mol. The van der Waals surface area contributed by atoms with Crippen LogP contribution >= 0.6 is 15.9 Å². The molecule has 3 N–H and O–H groups in total. The lowest BCUT2D eigenvalue weighted by Crippen LogP contribution is -2.35. The highest BCUT2D eigenvalue weighted by atomic mass is 79.9. The van der Waals surface area contributed by atoms with E-state index in [-0.39, 0.29) is 11.9 Å². The zero-order chi connectivity index (χ0) is 14.5. The lowest BCUT2D eigenvalue weighted by molar-refractivity contribution is -0.123. The fourth-order valence-electron chi connectivity index (χ4n) is 1.97. The Morgan fingerprint density at radius 1 is 1.10 bits per heavy atom. The summed E-state index contributed by atoms with van der Waals surface area (Å²) in [5.41, 5.74) is 7.82. The van der Waals surface area contributed by atoms with Crippen molar-refractivity contribution in [3.63, 3.8) is 0 Å². The molecule has 0 bridgehead atoms. The molecule has 0 heterocycles. The van der Waals surface area contributed by atoms with E-state index in [9.17, 15) is 4.79 Å². The number of nitrogens with two attached hydrogens (primary N) is 1. The van der Waals surface area contributed by atoms with Gasteiger partial charge >= 0.3 is 0 Å². The van der Waals surface area contributed by atoms with E-state index in [1.807, 2.05) is 61.5 Å². The molecular formula is C16H17BrN2O. The predicted molar refractivity (Wildman–Crippen MR) is 84.1 cm³/mol. The Morgan fingerprint density at radius 2 is 1.75 bits per heavy atom. The quantitative estimate of drug-likeness (QED) is 0.902. The Balaban J connectivity index is 2.04. The van der Waals surface area contributed by atoms with Crippen molar-refractivity contribution in [2.75, 3.05) is 0 Å². The van der Waals surface area contributed by atoms with Gasteiger partial charge in [0, 0.05) is 4.47 Å². The number of carbonyl (C=O) groups excluding carboxylic acids is 1. The monoisotopic (exact) mass is 332 g/mol. The number of hydrogen-bond donors (Lipinski definition) is 2. The maximum atomic E-state index is 12.2. The Bertz CT molecular complexity index is 586. The Labute approximate surface area is 127 Å². The Hall–Kier alpha value is -1.65. The van der Waals surface area contributed by atoms with Crippen LogP contribution in [-0.2, 0) is 4.79 Å². The second kappa shape index (κ2) is 6.68. The molecule has 1 amide bonds. The molecule has 0 saturated heterocycles. The van der Waals surface area contributed by atoms with Crippen LogP contribution < -0.4 is 11.1 Å². The minimum atomic E-state index is -0.647. The third-order valence-electron chi connectivity index (χ3n) is 3.15. The number of amides is 1. The smallest absolute Gasteiger partial charge is 0.241 e. The summed E-state index contributed by atoms with van der Waals surface area (Å²) in [6.45, 7) is 1.94. The van der Waals surface area contributed by atoms with Crippen LogP contribution in [0.25, 0.3) is 0 Å². The summed E-state index contributed by atoms with van der Waals surface area (Å²) in [6.07, 6.45) is 0. The van der Waals surface area contributed by atoms with Gasteiger partial charge in [-0.05, 0) is 30.2 Å². The van der Waals surface area contributed by atoms with Gasteiger partial charge in [-0.15, -0.1) is 0 Å². The van der Waals surface area contributed by atoms with Gasteiger partial charge in [-0.25, -0.2) is 0 Å². The van der Waals surface area contributed by atoms with Crippen molar-refractivity contribution in [1.29, 1.82) is 0 Å². The van der Waals surface area contributed by atoms with Crippen LogP contribution in [0.2, 0.25) is 0 Å². The van der Waals surface area contributed by atoms with E-state index < -0.39 is 6.04 Å². The topological polar surface area (TPSA) is 55.1 Å². The first-order chi connectivity index (χ1) is 9.58. The molecule has 2 rings (SSSR count). The third kappa shape index (κ3) is 3.68. The Kier molecular flexibility index (Phi) is 4.93. The molecule has 20 heavy (non-hydrogen) atoms. The van der Waals surface area contributed by atoms with Crippen LogP contribution in [0.15, 0.2) is 59.1 Å². The van der Waals surface area contributed by atoms with E-state index in [2.05, 4.69) is 21.2 Å². The van der Waals surface area contributed by atoms with Crippen LogP contribution in [0.3, 0.4) is 0 Å². The van der Waals surface area contributed by atoms with Gasteiger partial charge in [0.15, 0.2) is 0 Å². The SMILES string of the molecule is CC(NC(=O)[C@@H](N)c1ccccc1)c1cccc(Br)c1. The zero-order valence-corrected chi connectivity index (χ0v) is 12.8. The van der Waals surface area contributed by atoms with E-state index >= 15 is 0 Å². The van der Waals surface area contributed by atoms with Crippen molar-refractivity contribution in [2.24, 2.45) is 5.73 Å². The number of rotatable bonds is 4. The second-order valence-electron chi connectivity index (χ2n) is 4.67. The number of carbonyl (C=O) groups is 1. The van der Waals surface area contributed by atoms with Crippen LogP contribution in [-0.4, -0.2) is 5.91 Å². The van der Waals surface area contributed by atoms with Gasteiger partial charge in [-0.3, -0.25) is 4.79 Å². The van der Waals surface area contributed by atoms with Gasteiger partial charge in [0.2, 0.25) is 5.91 Å². The first-order valence-electron chi connectivity index (χ1n) is 6.44. The summed E-state index contributed by atoms with van der Waals surface area (Å²) in [5, 5.41) is 2.94. The van der Waals surface area contributed by atoms with E-state index in [4.69, 9.17) is 5.73 Å². The van der Waals surface area contributed by atoms with Crippen molar-refractivity contribution in [2.45, 2.75) is 19.0 Å². The van der Waals surface area contributed by atoms with Crippen molar-refractivity contribution in [3.8, 4) is 0 Å². The van der Waals surface area contributed by atoms with E-state index in [0.29, 0.717) is 0 Å². The fraction of sp³-hybridized carbons (Fsp3) is 0.188. The molecule has 0 spiro atoms. The summed E-state index contributed by atoms with van der Waals surface area (Å²) in [7, 11) is 0. The second-order valence-corrected chi connectivity index (χ2v) is 5.59. The zero-order valence-electron chi connectivity index (χ0n) is 11.2. The highest BCUT2D eigenvalue weighted by Gasteiger charge is 2.18. The van der Waals surface area contributed by atoms with Gasteiger partial charge in [0.1, 0.15) is 6.04 Å². The summed E-state index contributed by atoms with van der Waals surface area (Å²) in [5.74, 6) is -0.177. The number of benzene rings is 2. The van der Waals surface area contributed by atoms with Crippen LogP contribution in [0.4, 0.5) is 0 Å². The van der Waals surface area contributed by atoms with E-state index in [0.717, 1.165) is 15.6 Å². The maximum absolute atomic E-state index is 12.2. The molecule has 4 heteroatoms. The third-order valence-corrected chi connectivity index (χ3v) is 3.64. The summed E-state index contributed by atoms with van der Waals surface area (Å²) >= 11 is 3.42. The van der Waals surface area contributed by atoms with Crippen LogP contribution in [0.5, 0.6) is 0 Å². The highest BCUT2D eigenvalue weighted by Crippen LogP contribution is 2.19. The van der Waals surface area contributed by atoms with Gasteiger partial charge < -0.3 is 11.1 Å². The number of hydrogen-bond acceptors (Lipinski definition) is 2. The van der Waals surface area contributed by atoms with Crippen molar-refractivity contribution >= 4 is 21.8 Å². The molecule has 2 atom stereocenters. The molecule has 0 aromatic heterocycles. The largest absolute Gasteiger partial charge is 0.348 e. The molecule has 1 unspecified atom stereocenters. The van der Waals surface area contributed by atoms with Gasteiger partial charge in [0.25, 0.3) is 0 Å². The molecule has 0 aliphatic rings. The van der Waals surface area contributed by atoms with Gasteiger partial charge in [-0.2, -0.15) is 0 Å². The minimum absolute atomic E-state index is 0.0882. The van der Waals surface area contributed by atoms with Crippen LogP contribution in [0.1, 0.15) is 30.1 Å². The molecule has 0 aliphatic heterocycles. The van der Waals surface area contributed by atoms with E-state index in [1.54, 1.807) is 0 Å². The Morgan fingerprint density at radius 3 is 2.40 bits per heavy atom. The van der Waals surface area contributed by atoms with Crippen molar-refractivity contribution in [3.05, 3.63) is 70.2 Å². The number of halogens is 1. The molecule has 2 aromatic rings. The van der Waals surface area contributed by atoms with Gasteiger partial charge in [-0.1, -0.05) is 58.4 Å². The molecule has 104 valence electrons. The molecule has 0 fully saturated rings. The van der Waals surface area contributed by atoms with Crippen molar-refractivity contribution < 1.29 is 4.79 Å². The van der Waals surface area contributed by atoms with Crippen molar-refractivity contribution in [1.82, 2.24) is 5.32 Å². The molecule has 0 saturated carbocycles. The fourth-order valence-corrected chi connectivity index (χ4v) is 2.39. The first-order valence-corrected chi connectivity index (χ1v) is 7.23. The molecule has 0 radical (unpaired) electrons. The van der Waals surface area contributed by atoms with E-state index in [1.165, 1.54) is 0 Å². The average Bonchev–Trinajstić information content (AvgIpc) is 2.47. The molecule has 2 aromatic carbocycles. The first kappa shape index (κ1) is 14.8. The molecule has 0 aliphatic carbocycles. The number of nitrogens with one attached hydrogen (secondary N) is 1. The lowest BCUT2D eigenvalue weighted by atomic mass is 10.1. The summed E-state index contributed by atoms with van der Waals surface area (Å²) in [4.78, 5) is 12.2. The highest BCUT2D eigenvalue weighted by molar-refractivity contribution is 9.10. The van der Waals surface area contributed by atoms with Gasteiger partial charge in [0.05, 0.1) is 6.04 Å². The standard InChI is InChI=1S/C16H17BrN2O/c1-11(13-8-5-9-14(17)10-13)19-16(20)15(18)12-6-3-2-4-7-12/h2-11,15H,18H2,1H3,(H,19,20)/t11?,15-/m0/s1. The minimum Gasteiger partial charge on any atom is -0.348 e. The van der Waals surface area contributed by atoms with Crippen LogP contribution in [0, 0.1) is 0 Å². The average molecular weight is 333 g/mol. The molecule has 3 nitrogen and oxygen atoms in total. The normalized spacial score (nSPS) is 13.6. The summed E-state index contributed by atoms with van der Waals surface area (Å²) < 4.78 is 0.989. The lowest BCUT2D eigenvalue weighted by Gasteiger charge is -2.18.